The normalized spacial score (nSPS) is 21.2. The summed E-state index contributed by atoms with van der Waals surface area (Å²) >= 11 is 0. The summed E-state index contributed by atoms with van der Waals surface area (Å²) < 4.78 is 0. The second-order valence-electron chi connectivity index (χ2n) is 5.04. The van der Waals surface area contributed by atoms with Crippen molar-refractivity contribution in [2.45, 2.75) is 64.2 Å². The van der Waals surface area contributed by atoms with Crippen molar-refractivity contribution in [2.24, 2.45) is 0 Å². The highest BCUT2D eigenvalue weighted by Crippen LogP contribution is 2.30. The van der Waals surface area contributed by atoms with Gasteiger partial charge >= 0.3 is 0 Å². The number of hydrogen-bond donors (Lipinski definition) is 0. The molecule has 0 spiro atoms. The van der Waals surface area contributed by atoms with Crippen LogP contribution in [0.25, 0.3) is 0 Å². The predicted octanol–water partition coefficient (Wildman–Crippen LogP) is 4.66. The highest BCUT2D eigenvalue weighted by molar-refractivity contribution is 5.33. The smallest absolute Gasteiger partial charge is 0.0950 e. The minimum absolute atomic E-state index is 0.950. The molecule has 2 aliphatic carbocycles. The van der Waals surface area contributed by atoms with E-state index in [1.165, 1.54) is 68.9 Å². The van der Waals surface area contributed by atoms with E-state index in [-0.39, 0.29) is 0 Å². The number of nitriles is 1. The van der Waals surface area contributed by atoms with Crippen molar-refractivity contribution >= 4 is 0 Å². The SMILES string of the molecule is N#CC(CC1=CCCCC1)=C1CCCCC1. The number of hydrogen-bond acceptors (Lipinski definition) is 1. The fraction of sp³-hybridized carbons (Fsp3) is 0.667. The summed E-state index contributed by atoms with van der Waals surface area (Å²) in [5, 5.41) is 9.27. The van der Waals surface area contributed by atoms with Crippen LogP contribution >= 0.6 is 0 Å². The van der Waals surface area contributed by atoms with E-state index in [4.69, 9.17) is 0 Å². The van der Waals surface area contributed by atoms with Gasteiger partial charge in [-0.2, -0.15) is 5.26 Å². The topological polar surface area (TPSA) is 23.8 Å². The molecule has 0 bridgehead atoms. The first-order valence-electron chi connectivity index (χ1n) is 6.69. The van der Waals surface area contributed by atoms with Gasteiger partial charge in [0.05, 0.1) is 6.07 Å². The van der Waals surface area contributed by atoms with E-state index in [1.54, 1.807) is 0 Å². The van der Waals surface area contributed by atoms with E-state index in [9.17, 15) is 5.26 Å². The van der Waals surface area contributed by atoms with E-state index in [1.807, 2.05) is 0 Å². The van der Waals surface area contributed by atoms with Gasteiger partial charge in [-0.25, -0.2) is 0 Å². The van der Waals surface area contributed by atoms with Gasteiger partial charge in [0.25, 0.3) is 0 Å². The van der Waals surface area contributed by atoms with E-state index in [0.717, 1.165) is 12.0 Å². The lowest BCUT2D eigenvalue weighted by Crippen LogP contribution is -2.00. The minimum atomic E-state index is 0.950. The summed E-state index contributed by atoms with van der Waals surface area (Å²) in [5.74, 6) is 0. The van der Waals surface area contributed by atoms with Crippen molar-refractivity contribution in [1.29, 1.82) is 5.26 Å². The van der Waals surface area contributed by atoms with Crippen molar-refractivity contribution in [3.05, 3.63) is 22.8 Å². The van der Waals surface area contributed by atoms with Crippen molar-refractivity contribution in [1.82, 2.24) is 0 Å². The first-order chi connectivity index (χ1) is 7.90. The van der Waals surface area contributed by atoms with Crippen LogP contribution in [0.1, 0.15) is 64.2 Å². The van der Waals surface area contributed by atoms with Gasteiger partial charge in [0.15, 0.2) is 0 Å². The Labute approximate surface area is 98.9 Å². The standard InChI is InChI=1S/C15H21N/c16-12-15(14-9-5-2-6-10-14)11-13-7-3-1-4-8-13/h7H,1-6,8-11H2. The summed E-state index contributed by atoms with van der Waals surface area (Å²) in [6.07, 6.45) is 14.7. The van der Waals surface area contributed by atoms with Crippen LogP contribution in [-0.4, -0.2) is 0 Å². The molecule has 1 heteroatoms. The molecule has 0 radical (unpaired) electrons. The van der Waals surface area contributed by atoms with Crippen LogP contribution in [0, 0.1) is 11.3 Å². The highest BCUT2D eigenvalue weighted by Gasteiger charge is 2.13. The molecule has 0 unspecified atom stereocenters. The van der Waals surface area contributed by atoms with Crippen LogP contribution < -0.4 is 0 Å². The number of rotatable bonds is 2. The number of allylic oxidation sites excluding steroid dienone is 4. The molecular formula is C15H21N. The zero-order valence-corrected chi connectivity index (χ0v) is 10.1. The van der Waals surface area contributed by atoms with Crippen LogP contribution in [0.2, 0.25) is 0 Å². The molecule has 0 amide bonds. The summed E-state index contributed by atoms with van der Waals surface area (Å²) in [7, 11) is 0. The summed E-state index contributed by atoms with van der Waals surface area (Å²) in [6, 6.07) is 2.46. The minimum Gasteiger partial charge on any atom is -0.193 e. The molecule has 2 aliphatic rings. The quantitative estimate of drug-likeness (QED) is 0.485. The molecular weight excluding hydrogens is 194 g/mol. The van der Waals surface area contributed by atoms with Gasteiger partial charge < -0.3 is 0 Å². The average Bonchev–Trinajstić information content (AvgIpc) is 2.38. The fourth-order valence-electron chi connectivity index (χ4n) is 2.82. The zero-order valence-electron chi connectivity index (χ0n) is 10.1. The van der Waals surface area contributed by atoms with Crippen LogP contribution in [-0.2, 0) is 0 Å². The monoisotopic (exact) mass is 215 g/mol. The average molecular weight is 215 g/mol. The van der Waals surface area contributed by atoms with Gasteiger partial charge in [0.1, 0.15) is 0 Å². The first-order valence-corrected chi connectivity index (χ1v) is 6.69. The Morgan fingerprint density at radius 3 is 2.44 bits per heavy atom. The Bertz CT molecular complexity index is 333. The van der Waals surface area contributed by atoms with Crippen LogP contribution in [0.15, 0.2) is 22.8 Å². The maximum atomic E-state index is 9.27. The third-order valence-corrected chi connectivity index (χ3v) is 3.81. The lowest BCUT2D eigenvalue weighted by atomic mass is 9.87. The van der Waals surface area contributed by atoms with Gasteiger partial charge in [-0.15, -0.1) is 0 Å². The van der Waals surface area contributed by atoms with E-state index < -0.39 is 0 Å². The summed E-state index contributed by atoms with van der Waals surface area (Å²) in [4.78, 5) is 0. The fourth-order valence-corrected chi connectivity index (χ4v) is 2.82. The lowest BCUT2D eigenvalue weighted by Gasteiger charge is -2.18. The molecule has 0 N–H and O–H groups in total. The van der Waals surface area contributed by atoms with Crippen molar-refractivity contribution in [2.75, 3.05) is 0 Å². The maximum absolute atomic E-state index is 9.27. The molecule has 0 heterocycles. The Morgan fingerprint density at radius 2 is 1.81 bits per heavy atom. The largest absolute Gasteiger partial charge is 0.193 e. The second-order valence-corrected chi connectivity index (χ2v) is 5.04. The Morgan fingerprint density at radius 1 is 1.06 bits per heavy atom. The molecule has 2 rings (SSSR count). The summed E-state index contributed by atoms with van der Waals surface area (Å²) in [6.45, 7) is 0. The lowest BCUT2D eigenvalue weighted by molar-refractivity contribution is 0.592. The van der Waals surface area contributed by atoms with Gasteiger partial charge in [-0.3, -0.25) is 0 Å². The second kappa shape index (κ2) is 5.89. The molecule has 0 aromatic rings. The van der Waals surface area contributed by atoms with Crippen LogP contribution in [0.5, 0.6) is 0 Å². The van der Waals surface area contributed by atoms with Crippen LogP contribution in [0.3, 0.4) is 0 Å². The van der Waals surface area contributed by atoms with E-state index >= 15 is 0 Å². The van der Waals surface area contributed by atoms with Crippen molar-refractivity contribution in [3.8, 4) is 6.07 Å². The van der Waals surface area contributed by atoms with E-state index in [0.29, 0.717) is 0 Å². The molecule has 1 saturated carbocycles. The molecule has 0 aromatic carbocycles. The third-order valence-electron chi connectivity index (χ3n) is 3.81. The third kappa shape index (κ3) is 2.98. The number of nitrogens with zero attached hydrogens (tertiary/aromatic N) is 1. The molecule has 1 fully saturated rings. The molecule has 0 aliphatic heterocycles. The van der Waals surface area contributed by atoms with Gasteiger partial charge in [-0.05, 0) is 51.4 Å². The Kier molecular flexibility index (Phi) is 4.22. The maximum Gasteiger partial charge on any atom is 0.0950 e. The van der Waals surface area contributed by atoms with Crippen LogP contribution in [0.4, 0.5) is 0 Å². The molecule has 16 heavy (non-hydrogen) atoms. The van der Waals surface area contributed by atoms with Gasteiger partial charge in [-0.1, -0.05) is 23.6 Å². The predicted molar refractivity (Wildman–Crippen MR) is 66.9 cm³/mol. The summed E-state index contributed by atoms with van der Waals surface area (Å²) in [5.41, 5.74) is 4.06. The molecule has 1 nitrogen and oxygen atoms in total. The highest BCUT2D eigenvalue weighted by atomic mass is 14.3. The van der Waals surface area contributed by atoms with Gasteiger partial charge in [0.2, 0.25) is 0 Å². The zero-order chi connectivity index (χ0) is 11.2. The van der Waals surface area contributed by atoms with Crippen molar-refractivity contribution in [3.63, 3.8) is 0 Å². The molecule has 86 valence electrons. The Hall–Kier alpha value is -1.03. The van der Waals surface area contributed by atoms with Crippen molar-refractivity contribution < 1.29 is 0 Å². The molecule has 0 atom stereocenters. The molecule has 0 saturated heterocycles. The van der Waals surface area contributed by atoms with E-state index in [2.05, 4.69) is 12.1 Å². The molecule has 0 aromatic heterocycles. The first kappa shape index (κ1) is 11.5. The van der Waals surface area contributed by atoms with Gasteiger partial charge in [0, 0.05) is 12.0 Å². The Balaban J connectivity index is 2.04.